The van der Waals surface area contributed by atoms with Gasteiger partial charge < -0.3 is 5.11 Å². The molecule has 0 aromatic heterocycles. The average Bonchev–Trinajstić information content (AvgIpc) is 2.81. The van der Waals surface area contributed by atoms with Crippen molar-refractivity contribution >= 4 is 16.9 Å². The number of nitrogens with one attached hydrogen (secondary N) is 1. The zero-order valence-electron chi connectivity index (χ0n) is 9.91. The molecule has 100 valence electrons. The predicted molar refractivity (Wildman–Crippen MR) is 68.7 cm³/mol. The van der Waals surface area contributed by atoms with Crippen LogP contribution in [-0.2, 0) is 15.7 Å². The van der Waals surface area contributed by atoms with E-state index in [1.807, 2.05) is 36.4 Å². The highest BCUT2D eigenvalue weighted by molar-refractivity contribution is 7.70. The largest absolute Gasteiger partial charge is 0.480 e. The van der Waals surface area contributed by atoms with E-state index in [0.29, 0.717) is 12.8 Å². The molecule has 2 rings (SSSR count). The molecule has 0 spiro atoms. The molecule has 1 saturated carbocycles. The van der Waals surface area contributed by atoms with Crippen LogP contribution in [0.15, 0.2) is 36.4 Å². The van der Waals surface area contributed by atoms with Gasteiger partial charge in [-0.2, -0.15) is 0 Å². The predicted octanol–water partition coefficient (Wildman–Crippen LogP) is 1.19. The fourth-order valence-corrected chi connectivity index (χ4v) is 2.58. The maximum Gasteiger partial charge on any atom is 0.324 e. The molecule has 1 fully saturated rings. The normalized spacial score (nSPS) is 16.9. The summed E-state index contributed by atoms with van der Waals surface area (Å²) >= 11 is 0. The fourth-order valence-electron chi connectivity index (χ4n) is 1.91. The van der Waals surface area contributed by atoms with Crippen LogP contribution in [0.25, 0.3) is 0 Å². The molecule has 6 heteroatoms. The molecule has 1 aliphatic rings. The van der Waals surface area contributed by atoms with Gasteiger partial charge in [-0.15, -0.1) is 0 Å². The number of aliphatic carboxylic acids is 1. The van der Waals surface area contributed by atoms with Crippen LogP contribution in [0.5, 0.6) is 0 Å². The van der Waals surface area contributed by atoms with Crippen molar-refractivity contribution in [3.8, 4) is 0 Å². The number of carbonyl (C=O) groups is 1. The average molecular weight is 271 g/mol. The summed E-state index contributed by atoms with van der Waals surface area (Å²) in [6.07, 6.45) is 2.32. The van der Waals surface area contributed by atoms with Crippen molar-refractivity contribution in [2.45, 2.75) is 31.2 Å². The van der Waals surface area contributed by atoms with Gasteiger partial charge >= 0.3 is 5.97 Å². The van der Waals surface area contributed by atoms with Gasteiger partial charge in [-0.25, -0.2) is 13.1 Å². The van der Waals surface area contributed by atoms with Crippen LogP contribution in [0, 0.1) is 0 Å². The number of carboxylic acids is 1. The lowest BCUT2D eigenvalue weighted by Gasteiger charge is -2.21. The summed E-state index contributed by atoms with van der Waals surface area (Å²) < 4.78 is 22.8. The zero-order valence-corrected chi connectivity index (χ0v) is 10.8. The minimum Gasteiger partial charge on any atom is -0.480 e. The van der Waals surface area contributed by atoms with Gasteiger partial charge in [0, 0.05) is 0 Å². The van der Waals surface area contributed by atoms with Crippen molar-refractivity contribution in [2.24, 2.45) is 0 Å². The Bertz CT molecular complexity index is 404. The van der Waals surface area contributed by atoms with Crippen molar-refractivity contribution < 1.29 is 18.3 Å². The first-order valence-corrected chi connectivity index (χ1v) is 6.90. The Morgan fingerprint density at radius 3 is 1.67 bits per heavy atom. The van der Waals surface area contributed by atoms with Crippen molar-refractivity contribution in [3.63, 3.8) is 0 Å². The lowest BCUT2D eigenvalue weighted by Crippen LogP contribution is -2.48. The summed E-state index contributed by atoms with van der Waals surface area (Å²) in [5.41, 5.74) is -1.21. The highest BCUT2D eigenvalue weighted by Gasteiger charge is 2.41. The Balaban J connectivity index is 0.000000225. The van der Waals surface area contributed by atoms with Gasteiger partial charge in [0.15, 0.2) is 0 Å². The van der Waals surface area contributed by atoms with E-state index in [-0.39, 0.29) is 0 Å². The Morgan fingerprint density at radius 1 is 1.00 bits per heavy atom. The molecule has 5 nitrogen and oxygen atoms in total. The van der Waals surface area contributed by atoms with E-state index in [9.17, 15) is 13.2 Å². The van der Waals surface area contributed by atoms with E-state index in [0.717, 1.165) is 12.8 Å². The van der Waals surface area contributed by atoms with Gasteiger partial charge in [0.2, 0.25) is 10.9 Å². The van der Waals surface area contributed by atoms with Crippen LogP contribution in [-0.4, -0.2) is 25.0 Å². The van der Waals surface area contributed by atoms with Crippen molar-refractivity contribution in [3.05, 3.63) is 36.4 Å². The molecule has 0 saturated heterocycles. The van der Waals surface area contributed by atoms with Crippen LogP contribution in [0.1, 0.15) is 25.7 Å². The molecule has 18 heavy (non-hydrogen) atoms. The maximum absolute atomic E-state index is 10.7. The number of carboxylic acid groups (broad SMARTS) is 1. The molecule has 0 heterocycles. The number of hydrogen-bond acceptors (Lipinski definition) is 3. The van der Waals surface area contributed by atoms with Gasteiger partial charge in [0.25, 0.3) is 0 Å². The molecule has 0 atom stereocenters. The minimum atomic E-state index is -2.82. The Morgan fingerprint density at radius 2 is 1.39 bits per heavy atom. The van der Waals surface area contributed by atoms with E-state index in [4.69, 9.17) is 5.11 Å². The molecular weight excluding hydrogens is 254 g/mol. The monoisotopic (exact) mass is 271 g/mol. The summed E-state index contributed by atoms with van der Waals surface area (Å²) in [6, 6.07) is 12.0. The van der Waals surface area contributed by atoms with Crippen LogP contribution in [0.4, 0.5) is 0 Å². The van der Waals surface area contributed by atoms with Gasteiger partial charge in [0.1, 0.15) is 5.54 Å². The topological polar surface area (TPSA) is 83.5 Å². The van der Waals surface area contributed by atoms with Crippen molar-refractivity contribution in [2.75, 3.05) is 0 Å². The SMILES string of the molecule is O=C(O)C1(N[SH](=O)=O)CCCC1.c1ccccc1. The summed E-state index contributed by atoms with van der Waals surface area (Å²) in [7, 11) is -2.82. The summed E-state index contributed by atoms with van der Waals surface area (Å²) in [5, 5.41) is 8.78. The zero-order chi connectivity index (χ0) is 13.4. The standard InChI is InChI=1S/C6H11NO4S.C6H6/c8-5(9)6(7-12(10)11)3-1-2-4-6;1-2-4-6-5-3-1/h12H,1-4H2,(H,8,9)(H,7,10,11);1-6H. The van der Waals surface area contributed by atoms with Gasteiger partial charge in [-0.05, 0) is 12.8 Å². The van der Waals surface area contributed by atoms with Gasteiger partial charge in [-0.3, -0.25) is 4.79 Å². The second kappa shape index (κ2) is 7.13. The number of benzene rings is 1. The number of thiol groups is 1. The molecule has 0 bridgehead atoms. The summed E-state index contributed by atoms with van der Waals surface area (Å²) in [4.78, 5) is 10.7. The fraction of sp³-hybridized carbons (Fsp3) is 0.417. The first kappa shape index (κ1) is 14.7. The lowest BCUT2D eigenvalue weighted by molar-refractivity contribution is -0.143. The Hall–Kier alpha value is -1.40. The quantitative estimate of drug-likeness (QED) is 0.721. The Kier molecular flexibility index (Phi) is 5.80. The smallest absolute Gasteiger partial charge is 0.324 e. The van der Waals surface area contributed by atoms with E-state index in [1.165, 1.54) is 0 Å². The first-order valence-electron chi connectivity index (χ1n) is 5.72. The van der Waals surface area contributed by atoms with Crippen LogP contribution < -0.4 is 4.72 Å². The molecular formula is C12H17NO4S. The maximum atomic E-state index is 10.7. The number of rotatable bonds is 3. The minimum absolute atomic E-state index is 0.394. The molecule has 2 N–H and O–H groups in total. The van der Waals surface area contributed by atoms with Crippen molar-refractivity contribution in [1.82, 2.24) is 4.72 Å². The first-order chi connectivity index (χ1) is 8.57. The molecule has 0 unspecified atom stereocenters. The van der Waals surface area contributed by atoms with E-state index >= 15 is 0 Å². The Labute approximate surface area is 108 Å². The van der Waals surface area contributed by atoms with Crippen molar-refractivity contribution in [1.29, 1.82) is 0 Å². The summed E-state index contributed by atoms with van der Waals surface area (Å²) in [6.45, 7) is 0. The van der Waals surface area contributed by atoms with E-state index < -0.39 is 22.4 Å². The second-order valence-corrected chi connectivity index (χ2v) is 4.86. The number of hydrogen-bond donors (Lipinski definition) is 3. The molecule has 0 aliphatic heterocycles. The van der Waals surface area contributed by atoms with E-state index in [1.54, 1.807) is 0 Å². The van der Waals surface area contributed by atoms with Gasteiger partial charge in [0.05, 0.1) is 0 Å². The van der Waals surface area contributed by atoms with Crippen LogP contribution in [0.3, 0.4) is 0 Å². The highest BCUT2D eigenvalue weighted by atomic mass is 32.2. The lowest BCUT2D eigenvalue weighted by atomic mass is 10.0. The van der Waals surface area contributed by atoms with Gasteiger partial charge in [-0.1, -0.05) is 49.2 Å². The molecule has 1 aromatic carbocycles. The second-order valence-electron chi connectivity index (χ2n) is 4.12. The molecule has 1 aromatic rings. The van der Waals surface area contributed by atoms with Crippen LogP contribution in [0.2, 0.25) is 0 Å². The third-order valence-corrected chi connectivity index (χ3v) is 3.45. The molecule has 0 radical (unpaired) electrons. The third-order valence-electron chi connectivity index (χ3n) is 2.84. The summed E-state index contributed by atoms with van der Waals surface area (Å²) in [5.74, 6) is -1.07. The molecule has 1 aliphatic carbocycles. The third kappa shape index (κ3) is 4.46. The van der Waals surface area contributed by atoms with E-state index in [2.05, 4.69) is 4.72 Å². The van der Waals surface area contributed by atoms with Crippen LogP contribution >= 0.6 is 0 Å². The molecule has 0 amide bonds. The highest BCUT2D eigenvalue weighted by Crippen LogP contribution is 2.29.